The molecule has 4 rings (SSSR count). The van der Waals surface area contributed by atoms with Crippen molar-refractivity contribution in [2.24, 2.45) is 4.99 Å². The number of aliphatic imine (C=N–C) groups is 1. The number of ether oxygens (including phenoxy) is 2. The molecule has 0 bridgehead atoms. The van der Waals surface area contributed by atoms with Gasteiger partial charge in [0.1, 0.15) is 16.4 Å². The highest BCUT2D eigenvalue weighted by atomic mass is 32.2. The first-order valence-corrected chi connectivity index (χ1v) is 11.0. The van der Waals surface area contributed by atoms with Crippen LogP contribution < -0.4 is 8.92 Å². The van der Waals surface area contributed by atoms with Crippen molar-refractivity contribution in [2.45, 2.75) is 11.8 Å². The fourth-order valence-electron chi connectivity index (χ4n) is 3.07. The van der Waals surface area contributed by atoms with Crippen molar-refractivity contribution in [2.75, 3.05) is 7.11 Å². The number of nitrogens with zero attached hydrogens (tertiary/aromatic N) is 1. The maximum absolute atomic E-state index is 12.7. The highest BCUT2D eigenvalue weighted by Crippen LogP contribution is 2.28. The molecule has 3 aromatic rings. The normalized spacial score (nSPS) is 14.8. The van der Waals surface area contributed by atoms with Gasteiger partial charge in [-0.25, -0.2) is 9.79 Å². The van der Waals surface area contributed by atoms with Gasteiger partial charge in [-0.3, -0.25) is 0 Å². The number of carbonyl (C=O) groups is 1. The molecule has 0 spiro atoms. The molecule has 0 N–H and O–H groups in total. The van der Waals surface area contributed by atoms with Crippen LogP contribution in [0.25, 0.3) is 6.08 Å². The average Bonchev–Trinajstić information content (AvgIpc) is 3.15. The molecule has 0 unspecified atom stereocenters. The summed E-state index contributed by atoms with van der Waals surface area (Å²) in [6.45, 7) is 1.89. The summed E-state index contributed by atoms with van der Waals surface area (Å²) in [5, 5.41) is 0. The van der Waals surface area contributed by atoms with Gasteiger partial charge in [0, 0.05) is 11.1 Å². The van der Waals surface area contributed by atoms with Crippen molar-refractivity contribution in [1.29, 1.82) is 0 Å². The Labute approximate surface area is 185 Å². The van der Waals surface area contributed by atoms with E-state index in [0.717, 1.165) is 5.56 Å². The second-order valence-corrected chi connectivity index (χ2v) is 8.45. The molecule has 0 fully saturated rings. The van der Waals surface area contributed by atoms with E-state index in [4.69, 9.17) is 13.7 Å². The van der Waals surface area contributed by atoms with Gasteiger partial charge in [-0.2, -0.15) is 8.42 Å². The van der Waals surface area contributed by atoms with Crippen LogP contribution in [0.5, 0.6) is 11.5 Å². The van der Waals surface area contributed by atoms with Gasteiger partial charge in [0.25, 0.3) is 0 Å². The van der Waals surface area contributed by atoms with Gasteiger partial charge in [0.2, 0.25) is 5.90 Å². The minimum absolute atomic E-state index is 0.0270. The fraction of sp³-hybridized carbons (Fsp3) is 0.0833. The van der Waals surface area contributed by atoms with E-state index in [9.17, 15) is 13.2 Å². The van der Waals surface area contributed by atoms with Gasteiger partial charge in [-0.15, -0.1) is 0 Å². The van der Waals surface area contributed by atoms with E-state index in [0.29, 0.717) is 16.9 Å². The van der Waals surface area contributed by atoms with E-state index >= 15 is 0 Å². The first-order valence-electron chi connectivity index (χ1n) is 9.63. The SMILES string of the molecule is COc1ccc(S(=O)(=O)Oc2ccccc2/C=C2/N=C(c3ccccc3C)OC2=O)cc1. The number of cyclic esters (lactones) is 1. The van der Waals surface area contributed by atoms with E-state index in [-0.39, 0.29) is 22.2 Å². The van der Waals surface area contributed by atoms with Gasteiger partial charge >= 0.3 is 16.1 Å². The van der Waals surface area contributed by atoms with Crippen molar-refractivity contribution in [3.63, 3.8) is 0 Å². The van der Waals surface area contributed by atoms with E-state index in [1.165, 1.54) is 43.5 Å². The summed E-state index contributed by atoms with van der Waals surface area (Å²) in [7, 11) is -2.61. The topological polar surface area (TPSA) is 91.3 Å². The molecule has 162 valence electrons. The van der Waals surface area contributed by atoms with Gasteiger partial charge in [-0.05, 0) is 55.0 Å². The Bertz CT molecular complexity index is 1340. The van der Waals surface area contributed by atoms with Crippen molar-refractivity contribution < 1.29 is 26.9 Å². The zero-order chi connectivity index (χ0) is 22.7. The van der Waals surface area contributed by atoms with Crippen LogP contribution >= 0.6 is 0 Å². The van der Waals surface area contributed by atoms with Crippen LogP contribution in [0.2, 0.25) is 0 Å². The second-order valence-electron chi connectivity index (χ2n) is 6.90. The predicted molar refractivity (Wildman–Crippen MR) is 119 cm³/mol. The van der Waals surface area contributed by atoms with Crippen LogP contribution in [0.15, 0.2) is 88.4 Å². The molecule has 0 aromatic heterocycles. The predicted octanol–water partition coefficient (Wildman–Crippen LogP) is 4.12. The third-order valence-electron chi connectivity index (χ3n) is 4.75. The minimum atomic E-state index is -4.10. The molecule has 8 heteroatoms. The van der Waals surface area contributed by atoms with Crippen molar-refractivity contribution in [3.8, 4) is 11.5 Å². The molecule has 32 heavy (non-hydrogen) atoms. The first kappa shape index (κ1) is 21.3. The molecule has 0 aliphatic carbocycles. The third kappa shape index (κ3) is 4.40. The first-order chi connectivity index (χ1) is 15.4. The van der Waals surface area contributed by atoms with Crippen LogP contribution in [0, 0.1) is 6.92 Å². The lowest BCUT2D eigenvalue weighted by Gasteiger charge is -2.10. The molecule has 0 saturated carbocycles. The molecule has 0 radical (unpaired) electrons. The van der Waals surface area contributed by atoms with Crippen LogP contribution in [0.3, 0.4) is 0 Å². The van der Waals surface area contributed by atoms with E-state index < -0.39 is 16.1 Å². The molecule has 1 aliphatic heterocycles. The van der Waals surface area contributed by atoms with Gasteiger partial charge in [0.05, 0.1) is 7.11 Å². The minimum Gasteiger partial charge on any atom is -0.497 e. The number of hydrogen-bond acceptors (Lipinski definition) is 7. The lowest BCUT2D eigenvalue weighted by atomic mass is 10.1. The Kier molecular flexibility index (Phi) is 5.79. The zero-order valence-corrected chi connectivity index (χ0v) is 18.1. The van der Waals surface area contributed by atoms with Crippen LogP contribution in [0.4, 0.5) is 0 Å². The maximum atomic E-state index is 12.7. The molecule has 1 aliphatic rings. The van der Waals surface area contributed by atoms with Crippen molar-refractivity contribution in [1.82, 2.24) is 0 Å². The number of esters is 1. The van der Waals surface area contributed by atoms with Gasteiger partial charge in [-0.1, -0.05) is 36.4 Å². The molecule has 0 saturated heterocycles. The Hall–Kier alpha value is -3.91. The van der Waals surface area contributed by atoms with E-state index in [1.807, 2.05) is 31.2 Å². The molecule has 0 atom stereocenters. The molecular weight excluding hydrogens is 430 g/mol. The highest BCUT2D eigenvalue weighted by molar-refractivity contribution is 7.87. The number of benzene rings is 3. The third-order valence-corrected chi connectivity index (χ3v) is 6.00. The Morgan fingerprint density at radius 2 is 1.62 bits per heavy atom. The van der Waals surface area contributed by atoms with Crippen LogP contribution in [-0.4, -0.2) is 27.4 Å². The Balaban J connectivity index is 1.66. The summed E-state index contributed by atoms with van der Waals surface area (Å²) < 4.78 is 41.2. The molecule has 3 aromatic carbocycles. The lowest BCUT2D eigenvalue weighted by Crippen LogP contribution is -2.10. The van der Waals surface area contributed by atoms with Crippen molar-refractivity contribution in [3.05, 3.63) is 95.2 Å². The van der Waals surface area contributed by atoms with Gasteiger partial charge < -0.3 is 13.7 Å². The summed E-state index contributed by atoms with van der Waals surface area (Å²) >= 11 is 0. The number of carbonyl (C=O) groups excluding carboxylic acids is 1. The average molecular weight is 449 g/mol. The summed E-state index contributed by atoms with van der Waals surface area (Å²) in [5.41, 5.74) is 2.03. The number of rotatable bonds is 6. The largest absolute Gasteiger partial charge is 0.497 e. The summed E-state index contributed by atoms with van der Waals surface area (Å²) in [6, 6.07) is 19.7. The van der Waals surface area contributed by atoms with Crippen LogP contribution in [0.1, 0.15) is 16.7 Å². The lowest BCUT2D eigenvalue weighted by molar-refractivity contribution is -0.129. The Morgan fingerprint density at radius 3 is 2.34 bits per heavy atom. The summed E-state index contributed by atoms with van der Waals surface area (Å²) in [5.74, 6) is 0.152. The zero-order valence-electron chi connectivity index (χ0n) is 17.3. The molecule has 1 heterocycles. The second kappa shape index (κ2) is 8.68. The van der Waals surface area contributed by atoms with E-state index in [1.54, 1.807) is 18.2 Å². The number of para-hydroxylation sites is 1. The quantitative estimate of drug-likeness (QED) is 0.319. The van der Waals surface area contributed by atoms with Crippen LogP contribution in [-0.2, 0) is 19.6 Å². The maximum Gasteiger partial charge on any atom is 0.363 e. The number of aryl methyl sites for hydroxylation is 1. The standard InChI is InChI=1S/C24H19NO6S/c1-16-7-3-5-9-20(16)23-25-21(24(26)30-23)15-17-8-4-6-10-22(17)31-32(27,28)19-13-11-18(29-2)12-14-19/h3-15H,1-2H3/b21-15+. The van der Waals surface area contributed by atoms with Crippen molar-refractivity contribution >= 4 is 28.1 Å². The molecule has 0 amide bonds. The number of hydrogen-bond donors (Lipinski definition) is 0. The fourth-order valence-corrected chi connectivity index (χ4v) is 4.02. The molecule has 7 nitrogen and oxygen atoms in total. The van der Waals surface area contributed by atoms with Gasteiger partial charge in [0.15, 0.2) is 5.70 Å². The molecular formula is C24H19NO6S. The summed E-state index contributed by atoms with van der Waals surface area (Å²) in [4.78, 5) is 16.6. The Morgan fingerprint density at radius 1 is 0.938 bits per heavy atom. The smallest absolute Gasteiger partial charge is 0.363 e. The van der Waals surface area contributed by atoms with E-state index in [2.05, 4.69) is 4.99 Å². The monoisotopic (exact) mass is 449 g/mol. The highest BCUT2D eigenvalue weighted by Gasteiger charge is 2.26. The number of methoxy groups -OCH3 is 1. The summed E-state index contributed by atoms with van der Waals surface area (Å²) in [6.07, 6.45) is 1.44.